The van der Waals surface area contributed by atoms with Gasteiger partial charge in [-0.2, -0.15) is 0 Å². The molecule has 0 N–H and O–H groups in total. The first-order valence-electron chi connectivity index (χ1n) is 14.7. The van der Waals surface area contributed by atoms with Crippen LogP contribution in [0.4, 0.5) is 0 Å². The summed E-state index contributed by atoms with van der Waals surface area (Å²) in [6.45, 7) is 6.17. The van der Waals surface area contributed by atoms with E-state index in [2.05, 4.69) is 49.9 Å². The molecule has 1 heterocycles. The largest absolute Gasteiger partial charge is 0.461 e. The van der Waals surface area contributed by atoms with E-state index in [0.29, 0.717) is 23.9 Å². The van der Waals surface area contributed by atoms with Crippen LogP contribution in [0.15, 0.2) is 29.3 Å². The molecule has 0 amide bonds. The second kappa shape index (κ2) is 13.0. The minimum absolute atomic E-state index is 0.0568. The van der Waals surface area contributed by atoms with E-state index in [4.69, 9.17) is 21.3 Å². The second-order valence-corrected chi connectivity index (χ2v) is 12.5. The van der Waals surface area contributed by atoms with Crippen molar-refractivity contribution in [3.05, 3.63) is 34.9 Å². The smallest absolute Gasteiger partial charge is 0.333 e. The highest BCUT2D eigenvalue weighted by molar-refractivity contribution is 6.30. The van der Waals surface area contributed by atoms with Gasteiger partial charge in [-0.25, -0.2) is 4.79 Å². The van der Waals surface area contributed by atoms with E-state index < -0.39 is 0 Å². The first-order chi connectivity index (χ1) is 17.8. The Balaban J connectivity index is 1.45. The van der Waals surface area contributed by atoms with Crippen molar-refractivity contribution >= 4 is 23.4 Å². The quantitative estimate of drug-likeness (QED) is 0.315. The molecule has 206 valence electrons. The summed E-state index contributed by atoms with van der Waals surface area (Å²) < 4.78 is 5.83. The van der Waals surface area contributed by atoms with Crippen LogP contribution in [0.5, 0.6) is 0 Å². The van der Waals surface area contributed by atoms with Crippen LogP contribution in [-0.4, -0.2) is 59.9 Å². The van der Waals surface area contributed by atoms with Gasteiger partial charge in [-0.1, -0.05) is 62.8 Å². The first-order valence-corrected chi connectivity index (χ1v) is 15.1. The Hall–Kier alpha value is -1.59. The number of hydrogen-bond acceptors (Lipinski definition) is 5. The van der Waals surface area contributed by atoms with Crippen LogP contribution in [-0.2, 0) is 9.53 Å². The average molecular weight is 530 g/mol. The maximum atomic E-state index is 13.3. The van der Waals surface area contributed by atoms with Gasteiger partial charge < -0.3 is 14.5 Å². The molecule has 0 spiro atoms. The van der Waals surface area contributed by atoms with Crippen molar-refractivity contribution in [2.24, 2.45) is 16.8 Å². The Morgan fingerprint density at radius 2 is 1.73 bits per heavy atom. The Morgan fingerprint density at radius 1 is 1.08 bits per heavy atom. The third kappa shape index (κ3) is 6.89. The first kappa shape index (κ1) is 28.4. The molecule has 37 heavy (non-hydrogen) atoms. The number of amidine groups is 1. The summed E-state index contributed by atoms with van der Waals surface area (Å²) in [7, 11) is 4.39. The van der Waals surface area contributed by atoms with Crippen LogP contribution >= 0.6 is 11.6 Å². The second-order valence-electron chi connectivity index (χ2n) is 12.0. The van der Waals surface area contributed by atoms with Gasteiger partial charge >= 0.3 is 5.97 Å². The van der Waals surface area contributed by atoms with Crippen LogP contribution in [0.1, 0.15) is 103 Å². The van der Waals surface area contributed by atoms with Crippen LogP contribution in [0.3, 0.4) is 0 Å². The van der Waals surface area contributed by atoms with Crippen molar-refractivity contribution in [2.75, 3.05) is 14.1 Å². The molecule has 1 aromatic rings. The monoisotopic (exact) mass is 529 g/mol. The highest BCUT2D eigenvalue weighted by Gasteiger charge is 2.44. The van der Waals surface area contributed by atoms with Gasteiger partial charge in [-0.05, 0) is 96.0 Å². The summed E-state index contributed by atoms with van der Waals surface area (Å²) in [4.78, 5) is 23.1. The molecule has 0 bridgehead atoms. The number of carbonyl (C=O) groups is 1. The van der Waals surface area contributed by atoms with Gasteiger partial charge in [0.1, 0.15) is 0 Å². The number of halogens is 1. The van der Waals surface area contributed by atoms with E-state index in [1.807, 2.05) is 19.1 Å². The van der Waals surface area contributed by atoms with E-state index in [1.165, 1.54) is 63.4 Å². The summed E-state index contributed by atoms with van der Waals surface area (Å²) in [5.41, 5.74) is 1.36. The molecule has 4 atom stereocenters. The number of esters is 1. The molecule has 1 aromatic carbocycles. The summed E-state index contributed by atoms with van der Waals surface area (Å²) in [5, 5.41) is 0.794. The molecule has 0 aromatic heterocycles. The maximum absolute atomic E-state index is 13.3. The van der Waals surface area contributed by atoms with Crippen LogP contribution in [0.25, 0.3) is 0 Å². The zero-order chi connectivity index (χ0) is 26.5. The van der Waals surface area contributed by atoms with Gasteiger partial charge in [-0.3, -0.25) is 4.99 Å². The minimum Gasteiger partial charge on any atom is -0.461 e. The fourth-order valence-electron chi connectivity index (χ4n) is 7.18. The van der Waals surface area contributed by atoms with Crippen molar-refractivity contribution in [1.29, 1.82) is 0 Å². The topological polar surface area (TPSA) is 45.1 Å². The fraction of sp³-hybridized carbons (Fsp3) is 0.742. The summed E-state index contributed by atoms with van der Waals surface area (Å²) in [5.74, 6) is 2.18. The lowest BCUT2D eigenvalue weighted by Crippen LogP contribution is -2.49. The van der Waals surface area contributed by atoms with Crippen LogP contribution in [0, 0.1) is 11.8 Å². The molecule has 2 fully saturated rings. The number of carbonyl (C=O) groups excluding carboxylic acids is 1. The molecule has 4 unspecified atom stereocenters. The molecule has 4 rings (SSSR count). The standard InChI is InChI=1S/C31H48ClN3O2/c1-6-21(2)37-31(36)29-28(35(22(3)33-29)27-10-8-7-9-11-27)20-23-12-14-24(15-13-23)30(34(4)5)25-16-18-26(32)19-17-25/h16-19,21,23-24,27-30H,6-15,20H2,1-5H3. The zero-order valence-electron chi connectivity index (χ0n) is 23.7. The number of ether oxygens (including phenoxy) is 1. The lowest BCUT2D eigenvalue weighted by Gasteiger charge is -2.42. The van der Waals surface area contributed by atoms with Gasteiger partial charge in [0.15, 0.2) is 6.04 Å². The van der Waals surface area contributed by atoms with E-state index in [0.717, 1.165) is 23.7 Å². The molecule has 1 aliphatic heterocycles. The third-order valence-electron chi connectivity index (χ3n) is 9.20. The number of rotatable bonds is 9. The van der Waals surface area contributed by atoms with Gasteiger partial charge in [0, 0.05) is 17.1 Å². The number of aliphatic imine (C=N–C) groups is 1. The minimum atomic E-state index is -0.378. The molecule has 5 nitrogen and oxygen atoms in total. The predicted octanol–water partition coefficient (Wildman–Crippen LogP) is 7.28. The Bertz CT molecular complexity index is 904. The van der Waals surface area contributed by atoms with Crippen molar-refractivity contribution in [2.45, 2.75) is 122 Å². The molecule has 2 saturated carbocycles. The molecular weight excluding hydrogens is 482 g/mol. The van der Waals surface area contributed by atoms with Crippen molar-refractivity contribution in [3.8, 4) is 0 Å². The molecule has 0 saturated heterocycles. The van der Waals surface area contributed by atoms with Gasteiger partial charge in [0.25, 0.3) is 0 Å². The van der Waals surface area contributed by atoms with Crippen molar-refractivity contribution < 1.29 is 9.53 Å². The number of hydrogen-bond donors (Lipinski definition) is 0. The normalized spacial score (nSPS) is 28.7. The SMILES string of the molecule is CCC(C)OC(=O)C1N=C(C)N(C2CCCCC2)C1CC1CCC(C(c2ccc(Cl)cc2)N(C)C)CC1. The maximum Gasteiger partial charge on any atom is 0.333 e. The van der Waals surface area contributed by atoms with Gasteiger partial charge in [-0.15, -0.1) is 0 Å². The Morgan fingerprint density at radius 3 is 2.32 bits per heavy atom. The van der Waals surface area contributed by atoms with Crippen LogP contribution < -0.4 is 0 Å². The van der Waals surface area contributed by atoms with Crippen molar-refractivity contribution in [3.63, 3.8) is 0 Å². The summed E-state index contributed by atoms with van der Waals surface area (Å²) in [6, 6.07) is 9.09. The zero-order valence-corrected chi connectivity index (χ0v) is 24.4. The number of nitrogens with zero attached hydrogens (tertiary/aromatic N) is 3. The lowest BCUT2D eigenvalue weighted by atomic mass is 9.74. The Labute approximate surface area is 230 Å². The highest BCUT2D eigenvalue weighted by atomic mass is 35.5. The van der Waals surface area contributed by atoms with Crippen LogP contribution in [0.2, 0.25) is 5.02 Å². The number of benzene rings is 1. The summed E-state index contributed by atoms with van der Waals surface area (Å²) >= 11 is 6.17. The molecular formula is C31H48ClN3O2. The summed E-state index contributed by atoms with van der Waals surface area (Å²) in [6.07, 6.45) is 13.0. The van der Waals surface area contributed by atoms with E-state index in [1.54, 1.807) is 0 Å². The molecule has 2 aliphatic carbocycles. The average Bonchev–Trinajstić information content (AvgIpc) is 3.22. The molecule has 6 heteroatoms. The molecule has 3 aliphatic rings. The fourth-order valence-corrected chi connectivity index (χ4v) is 7.30. The Kier molecular flexibility index (Phi) is 9.97. The molecule has 0 radical (unpaired) electrons. The van der Waals surface area contributed by atoms with E-state index in [9.17, 15) is 4.79 Å². The van der Waals surface area contributed by atoms with E-state index in [-0.39, 0.29) is 24.2 Å². The predicted molar refractivity (Wildman–Crippen MR) is 153 cm³/mol. The highest BCUT2D eigenvalue weighted by Crippen LogP contribution is 2.42. The third-order valence-corrected chi connectivity index (χ3v) is 9.46. The lowest BCUT2D eigenvalue weighted by molar-refractivity contribution is -0.151. The van der Waals surface area contributed by atoms with Gasteiger partial charge in [0.2, 0.25) is 0 Å². The van der Waals surface area contributed by atoms with E-state index >= 15 is 0 Å². The van der Waals surface area contributed by atoms with Crippen molar-refractivity contribution in [1.82, 2.24) is 9.80 Å². The van der Waals surface area contributed by atoms with Gasteiger partial charge in [0.05, 0.1) is 18.0 Å².